The number of ether oxygens (including phenoxy) is 3. The van der Waals surface area contributed by atoms with Crippen LogP contribution in [0, 0.1) is 16.2 Å². The van der Waals surface area contributed by atoms with E-state index in [1.807, 2.05) is 12.1 Å². The van der Waals surface area contributed by atoms with Gasteiger partial charge in [-0.2, -0.15) is 0 Å². The van der Waals surface area contributed by atoms with E-state index in [-0.39, 0.29) is 38.2 Å². The summed E-state index contributed by atoms with van der Waals surface area (Å²) in [6.45, 7) is 34.5. The van der Waals surface area contributed by atoms with E-state index in [0.29, 0.717) is 39.9 Å². The number of benzene rings is 8. The Bertz CT molecular complexity index is 3250. The molecule has 0 aromatic heterocycles. The van der Waals surface area contributed by atoms with Crippen LogP contribution in [0.3, 0.4) is 0 Å². The molecular weight excluding hydrogens is 1130 g/mol. The molecule has 0 aliphatic rings. The van der Waals surface area contributed by atoms with Gasteiger partial charge in [0.15, 0.2) is 0 Å². The van der Waals surface area contributed by atoms with Gasteiger partial charge in [-0.15, -0.1) is 0 Å². The van der Waals surface area contributed by atoms with Crippen LogP contribution in [-0.2, 0) is 16.2 Å². The number of halogens is 4. The molecule has 1 N–H and O–H groups in total. The fourth-order valence-corrected chi connectivity index (χ4v) is 14.8. The molecule has 4 nitrogen and oxygen atoms in total. The molecule has 0 unspecified atom stereocenters. The minimum atomic E-state index is -0.0375. The second-order valence-electron chi connectivity index (χ2n) is 25.2. The van der Waals surface area contributed by atoms with Crippen LogP contribution in [0.15, 0.2) is 115 Å². The predicted octanol–water partition coefficient (Wildman–Crippen LogP) is 22.0. The number of phenols is 1. The highest BCUT2D eigenvalue weighted by molar-refractivity contribution is 9.11. The first-order valence-corrected chi connectivity index (χ1v) is 27.5. The van der Waals surface area contributed by atoms with Gasteiger partial charge in [0.05, 0.1) is 0 Å². The number of aromatic hydroxyl groups is 1. The predicted molar refractivity (Wildman–Crippen MR) is 311 cm³/mol. The van der Waals surface area contributed by atoms with Crippen LogP contribution in [0.5, 0.6) is 40.2 Å². The summed E-state index contributed by atoms with van der Waals surface area (Å²) < 4.78 is 24.4. The van der Waals surface area contributed by atoms with Crippen molar-refractivity contribution >= 4 is 107 Å². The van der Waals surface area contributed by atoms with E-state index in [0.717, 1.165) is 74.9 Å². The Kier molecular flexibility index (Phi) is 13.9. The molecule has 8 rings (SSSR count). The summed E-state index contributed by atoms with van der Waals surface area (Å²) >= 11 is 15.9. The normalized spacial score (nSPS) is 13.3. The molecule has 0 saturated heterocycles. The third-order valence-corrected chi connectivity index (χ3v) is 16.0. The van der Waals surface area contributed by atoms with Gasteiger partial charge in [-0.25, -0.2) is 0 Å². The van der Waals surface area contributed by atoms with E-state index in [2.05, 4.69) is 246 Å². The van der Waals surface area contributed by atoms with Crippen molar-refractivity contribution < 1.29 is 19.3 Å². The van der Waals surface area contributed by atoms with Gasteiger partial charge in [0.1, 0.15) is 40.2 Å². The van der Waals surface area contributed by atoms with Crippen LogP contribution in [0.4, 0.5) is 0 Å². The molecule has 0 heterocycles. The van der Waals surface area contributed by atoms with E-state index < -0.39 is 0 Å². The SMILES string of the molecule is CC(C)(C)CC(C)(C)c1ccc(Oc2cc(Br)c3c(Br)cc(O)c4c5c(Oc6ccc(C(C)(C)CC(C)(C)C)cc6)cc(Br)c6c(Br)cc(Oc7ccc(C(C)(C)CC(C)(C)C)cc7)c(c2c34)c65)cc1. The van der Waals surface area contributed by atoms with Gasteiger partial charge in [0, 0.05) is 61.0 Å². The average Bonchev–Trinajstić information content (AvgIpc) is 3.20. The first-order chi connectivity index (χ1) is 32.3. The molecule has 0 aliphatic carbocycles. The Balaban J connectivity index is 1.40. The molecule has 8 heteroatoms. The molecule has 0 aliphatic heterocycles. The maximum atomic E-state index is 12.4. The van der Waals surface area contributed by atoms with Gasteiger partial charge in [-0.1, -0.05) is 140 Å². The highest BCUT2D eigenvalue weighted by atomic mass is 79.9. The number of rotatable bonds is 12. The zero-order chi connectivity index (χ0) is 51.3. The average molecular weight is 1200 g/mol. The zero-order valence-corrected chi connectivity index (χ0v) is 49.9. The lowest BCUT2D eigenvalue weighted by atomic mass is 9.72. The minimum Gasteiger partial charge on any atom is -0.507 e. The Morgan fingerprint density at radius 2 is 0.571 bits per heavy atom. The van der Waals surface area contributed by atoms with E-state index in [1.165, 1.54) is 16.7 Å². The van der Waals surface area contributed by atoms with Crippen molar-refractivity contribution in [3.63, 3.8) is 0 Å². The minimum absolute atomic E-state index is 0.0359. The summed E-state index contributed by atoms with van der Waals surface area (Å²) in [5.74, 6) is 3.99. The Labute approximate surface area is 450 Å². The molecule has 0 fully saturated rings. The summed E-state index contributed by atoms with van der Waals surface area (Å²) in [4.78, 5) is 0. The van der Waals surface area contributed by atoms with Crippen LogP contribution >= 0.6 is 63.7 Å². The van der Waals surface area contributed by atoms with Crippen molar-refractivity contribution in [1.82, 2.24) is 0 Å². The molecule has 0 radical (unpaired) electrons. The largest absolute Gasteiger partial charge is 0.507 e. The highest BCUT2D eigenvalue weighted by Gasteiger charge is 2.32. The lowest BCUT2D eigenvalue weighted by molar-refractivity contribution is 0.283. The van der Waals surface area contributed by atoms with Gasteiger partial charge in [-0.3, -0.25) is 0 Å². The van der Waals surface area contributed by atoms with Crippen LogP contribution in [0.25, 0.3) is 43.1 Å². The van der Waals surface area contributed by atoms with Crippen LogP contribution < -0.4 is 14.2 Å². The quantitative estimate of drug-likeness (QED) is 0.0978. The van der Waals surface area contributed by atoms with Gasteiger partial charge >= 0.3 is 0 Å². The van der Waals surface area contributed by atoms with Crippen molar-refractivity contribution in [2.75, 3.05) is 0 Å². The molecule has 8 aromatic rings. The molecule has 0 saturated carbocycles. The topological polar surface area (TPSA) is 47.9 Å². The first kappa shape index (κ1) is 52.5. The van der Waals surface area contributed by atoms with Gasteiger partial charge in [0.2, 0.25) is 0 Å². The van der Waals surface area contributed by atoms with Gasteiger partial charge < -0.3 is 19.3 Å². The van der Waals surface area contributed by atoms with E-state index in [9.17, 15) is 5.11 Å². The molecule has 368 valence electrons. The Morgan fingerprint density at radius 1 is 0.329 bits per heavy atom. The fraction of sp³-hybridized carbons (Fsp3) is 0.387. The van der Waals surface area contributed by atoms with Crippen LogP contribution in [0.2, 0.25) is 0 Å². The van der Waals surface area contributed by atoms with E-state index in [4.69, 9.17) is 14.2 Å². The van der Waals surface area contributed by atoms with Gasteiger partial charge in [0.25, 0.3) is 0 Å². The molecule has 70 heavy (non-hydrogen) atoms. The first-order valence-electron chi connectivity index (χ1n) is 24.3. The number of hydrogen-bond donors (Lipinski definition) is 1. The van der Waals surface area contributed by atoms with Crippen molar-refractivity contribution in [3.05, 3.63) is 132 Å². The van der Waals surface area contributed by atoms with E-state index >= 15 is 0 Å². The molecule has 0 spiro atoms. The molecule has 0 atom stereocenters. The fourth-order valence-electron chi connectivity index (χ4n) is 11.8. The summed E-state index contributed by atoms with van der Waals surface area (Å²) in [6, 6.07) is 33.4. The lowest BCUT2D eigenvalue weighted by Gasteiger charge is -2.33. The summed E-state index contributed by atoms with van der Waals surface area (Å²) in [5.41, 5.74) is 4.14. The third kappa shape index (κ3) is 10.8. The maximum Gasteiger partial charge on any atom is 0.137 e. The molecule has 8 aromatic carbocycles. The third-order valence-electron chi connectivity index (χ3n) is 13.5. The van der Waals surface area contributed by atoms with Gasteiger partial charge in [-0.05, 0) is 193 Å². The maximum absolute atomic E-state index is 12.4. The van der Waals surface area contributed by atoms with E-state index in [1.54, 1.807) is 6.07 Å². The standard InChI is InChI=1S/C62H68Br4O4/c1-57(2,3)32-60(10,11)35-16-22-38(23-17-35)68-46-29-43(65)50-44(66)31-48(70-40-26-20-37(21-27-40)62(14,15)34-59(7,8)9)54-53-47(69-39-24-18-36(19-25-39)61(12,13)33-58(4,5)6)30-42(64)49-41(63)28-45(67)51(55(49)53)52(46)56(50)54/h16-31,67H,32-34H2,1-15H3. The second-order valence-corrected chi connectivity index (χ2v) is 28.6. The molecular formula is C62H68Br4O4. The van der Waals surface area contributed by atoms with Crippen molar-refractivity contribution in [3.8, 4) is 40.2 Å². The zero-order valence-electron chi connectivity index (χ0n) is 43.5. The highest BCUT2D eigenvalue weighted by Crippen LogP contribution is 2.58. The van der Waals surface area contributed by atoms with Crippen molar-refractivity contribution in [2.24, 2.45) is 16.2 Å². The Hall–Kier alpha value is -3.82. The van der Waals surface area contributed by atoms with Crippen molar-refractivity contribution in [2.45, 2.75) is 139 Å². The summed E-state index contributed by atoms with van der Waals surface area (Å²) in [7, 11) is 0. The van der Waals surface area contributed by atoms with Crippen molar-refractivity contribution in [1.29, 1.82) is 0 Å². The smallest absolute Gasteiger partial charge is 0.137 e. The monoisotopic (exact) mass is 1190 g/mol. The number of phenolic OH excluding ortho intramolecular Hbond substituents is 1. The summed E-state index contributed by atoms with van der Waals surface area (Å²) in [5, 5.41) is 18.8. The number of fused-ring (bicyclic) bond motifs is 2. The number of hydrogen-bond acceptors (Lipinski definition) is 4. The second kappa shape index (κ2) is 18.6. The molecule has 0 bridgehead atoms. The van der Waals surface area contributed by atoms with Crippen LogP contribution in [0.1, 0.15) is 140 Å². The molecule has 0 amide bonds. The Morgan fingerprint density at radius 3 is 0.843 bits per heavy atom. The summed E-state index contributed by atoms with van der Waals surface area (Å²) in [6.07, 6.45) is 3.10. The van der Waals surface area contributed by atoms with Crippen LogP contribution in [-0.4, -0.2) is 5.11 Å². The lowest BCUT2D eigenvalue weighted by Crippen LogP contribution is -2.24.